The number of carbonyl (C=O) groups is 2. The molecule has 0 radical (unpaired) electrons. The molecule has 0 unspecified atom stereocenters. The van der Waals surface area contributed by atoms with Crippen molar-refractivity contribution in [1.82, 2.24) is 15.1 Å². The van der Waals surface area contributed by atoms with Crippen molar-refractivity contribution < 1.29 is 9.59 Å². The number of hydrogen-bond acceptors (Lipinski definition) is 4. The van der Waals surface area contributed by atoms with Crippen LogP contribution in [0.3, 0.4) is 0 Å². The SMILES string of the molecule is CCN(CC)[C@H](CNC(=O)[C@H]1CCCN(C(C)=O)C1)c1ccsc1. The summed E-state index contributed by atoms with van der Waals surface area (Å²) in [5.41, 5.74) is 1.26. The normalized spacial score (nSPS) is 19.3. The number of carbonyl (C=O) groups excluding carboxylic acids is 2. The van der Waals surface area contributed by atoms with Gasteiger partial charge in [-0.1, -0.05) is 13.8 Å². The number of likely N-dealkylation sites (tertiary alicyclic amines) is 1. The molecule has 0 aliphatic carbocycles. The minimum atomic E-state index is -0.0810. The Labute approximate surface area is 149 Å². The highest BCUT2D eigenvalue weighted by atomic mass is 32.1. The molecule has 1 aromatic heterocycles. The second-order valence-corrected chi connectivity index (χ2v) is 7.12. The molecule has 0 saturated carbocycles. The lowest BCUT2D eigenvalue weighted by molar-refractivity contribution is -0.134. The van der Waals surface area contributed by atoms with Crippen molar-refractivity contribution in [2.24, 2.45) is 5.92 Å². The summed E-state index contributed by atoms with van der Waals surface area (Å²) in [6.45, 7) is 9.72. The molecule has 1 N–H and O–H groups in total. The zero-order chi connectivity index (χ0) is 17.5. The first kappa shape index (κ1) is 18.9. The van der Waals surface area contributed by atoms with E-state index in [4.69, 9.17) is 0 Å². The molecule has 1 saturated heterocycles. The third-order valence-electron chi connectivity index (χ3n) is 4.89. The van der Waals surface area contributed by atoms with Crippen molar-refractivity contribution in [2.45, 2.75) is 39.7 Å². The van der Waals surface area contributed by atoms with Crippen LogP contribution in [-0.2, 0) is 9.59 Å². The van der Waals surface area contributed by atoms with Crippen molar-refractivity contribution in [2.75, 3.05) is 32.7 Å². The molecule has 2 atom stereocenters. The van der Waals surface area contributed by atoms with Gasteiger partial charge < -0.3 is 10.2 Å². The van der Waals surface area contributed by atoms with Gasteiger partial charge in [-0.2, -0.15) is 11.3 Å². The Bertz CT molecular complexity index is 528. The van der Waals surface area contributed by atoms with Crippen LogP contribution in [0.1, 0.15) is 45.2 Å². The number of nitrogens with one attached hydrogen (secondary N) is 1. The lowest BCUT2D eigenvalue weighted by atomic mass is 9.97. The zero-order valence-corrected chi connectivity index (χ0v) is 15.8. The summed E-state index contributed by atoms with van der Waals surface area (Å²) in [4.78, 5) is 28.3. The highest BCUT2D eigenvalue weighted by molar-refractivity contribution is 7.07. The van der Waals surface area contributed by atoms with Gasteiger partial charge in [0.05, 0.1) is 12.0 Å². The van der Waals surface area contributed by atoms with Crippen LogP contribution < -0.4 is 5.32 Å². The molecule has 1 aromatic rings. The Hall–Kier alpha value is -1.40. The first-order valence-corrected chi connectivity index (χ1v) is 9.80. The lowest BCUT2D eigenvalue weighted by Crippen LogP contribution is -2.46. The molecular formula is C18H29N3O2S. The molecule has 2 rings (SSSR count). The number of nitrogens with zero attached hydrogens (tertiary/aromatic N) is 2. The van der Waals surface area contributed by atoms with E-state index >= 15 is 0 Å². The molecule has 2 heterocycles. The topological polar surface area (TPSA) is 52.7 Å². The van der Waals surface area contributed by atoms with Gasteiger partial charge in [0.25, 0.3) is 0 Å². The molecule has 1 aliphatic rings. The van der Waals surface area contributed by atoms with E-state index in [1.54, 1.807) is 23.2 Å². The number of piperidine rings is 1. The maximum absolute atomic E-state index is 12.6. The van der Waals surface area contributed by atoms with Gasteiger partial charge in [-0.25, -0.2) is 0 Å². The summed E-state index contributed by atoms with van der Waals surface area (Å²) in [7, 11) is 0. The quantitative estimate of drug-likeness (QED) is 0.821. The van der Waals surface area contributed by atoms with E-state index in [1.165, 1.54) is 5.56 Å². The highest BCUT2D eigenvalue weighted by Crippen LogP contribution is 2.23. The Balaban J connectivity index is 1.95. The third-order valence-corrected chi connectivity index (χ3v) is 5.59. The minimum Gasteiger partial charge on any atom is -0.354 e. The second-order valence-electron chi connectivity index (χ2n) is 6.34. The van der Waals surface area contributed by atoms with Crippen LogP contribution in [-0.4, -0.2) is 54.3 Å². The van der Waals surface area contributed by atoms with Gasteiger partial charge in [-0.15, -0.1) is 0 Å². The van der Waals surface area contributed by atoms with Crippen molar-refractivity contribution >= 4 is 23.2 Å². The fourth-order valence-corrected chi connectivity index (χ4v) is 4.11. The molecule has 5 nitrogen and oxygen atoms in total. The molecule has 6 heteroatoms. The van der Waals surface area contributed by atoms with Gasteiger partial charge in [0.2, 0.25) is 11.8 Å². The predicted octanol–water partition coefficient (Wildman–Crippen LogP) is 2.51. The summed E-state index contributed by atoms with van der Waals surface area (Å²) in [6.07, 6.45) is 1.77. The summed E-state index contributed by atoms with van der Waals surface area (Å²) in [6, 6.07) is 2.35. The molecular weight excluding hydrogens is 322 g/mol. The van der Waals surface area contributed by atoms with Gasteiger partial charge in [0, 0.05) is 26.6 Å². The number of thiophene rings is 1. The third kappa shape index (κ3) is 4.80. The Kier molecular flexibility index (Phi) is 7.24. The fourth-order valence-electron chi connectivity index (χ4n) is 3.41. The van der Waals surface area contributed by atoms with Crippen LogP contribution in [0.4, 0.5) is 0 Å². The zero-order valence-electron chi connectivity index (χ0n) is 15.0. The van der Waals surface area contributed by atoms with Crippen molar-refractivity contribution in [1.29, 1.82) is 0 Å². The van der Waals surface area contributed by atoms with Crippen LogP contribution in [0.5, 0.6) is 0 Å². The highest BCUT2D eigenvalue weighted by Gasteiger charge is 2.28. The largest absolute Gasteiger partial charge is 0.354 e. The van der Waals surface area contributed by atoms with E-state index in [0.717, 1.165) is 32.5 Å². The molecule has 0 bridgehead atoms. The van der Waals surface area contributed by atoms with Crippen molar-refractivity contribution in [3.8, 4) is 0 Å². The fraction of sp³-hybridized carbons (Fsp3) is 0.667. The summed E-state index contributed by atoms with van der Waals surface area (Å²) >= 11 is 1.69. The van der Waals surface area contributed by atoms with Gasteiger partial charge in [-0.3, -0.25) is 14.5 Å². The smallest absolute Gasteiger partial charge is 0.224 e. The van der Waals surface area contributed by atoms with E-state index in [2.05, 4.69) is 40.9 Å². The van der Waals surface area contributed by atoms with Crippen LogP contribution in [0.2, 0.25) is 0 Å². The van der Waals surface area contributed by atoms with Crippen LogP contribution in [0, 0.1) is 5.92 Å². The second kappa shape index (κ2) is 9.18. The maximum Gasteiger partial charge on any atom is 0.224 e. The van der Waals surface area contributed by atoms with E-state index in [0.29, 0.717) is 13.1 Å². The molecule has 2 amide bonds. The Morgan fingerprint density at radius 3 is 2.75 bits per heavy atom. The van der Waals surface area contributed by atoms with Gasteiger partial charge in [-0.05, 0) is 48.3 Å². The van der Waals surface area contributed by atoms with E-state index in [1.807, 2.05) is 0 Å². The first-order chi connectivity index (χ1) is 11.6. The number of likely N-dealkylation sites (N-methyl/N-ethyl adjacent to an activating group) is 1. The summed E-state index contributed by atoms with van der Waals surface area (Å²) in [5, 5.41) is 7.38. The number of rotatable bonds is 7. The standard InChI is InChI=1S/C18H29N3O2S/c1-4-20(5-2)17(16-8-10-24-13-16)11-19-18(23)15-7-6-9-21(12-15)14(3)22/h8,10,13,15,17H,4-7,9,11-12H2,1-3H3,(H,19,23)/t15-,17+/m0/s1. The minimum absolute atomic E-state index is 0.0618. The average Bonchev–Trinajstić information content (AvgIpc) is 3.12. The van der Waals surface area contributed by atoms with Crippen LogP contribution in [0.15, 0.2) is 16.8 Å². The lowest BCUT2D eigenvalue weighted by Gasteiger charge is -2.33. The van der Waals surface area contributed by atoms with Gasteiger partial charge in [0.1, 0.15) is 0 Å². The van der Waals surface area contributed by atoms with Crippen LogP contribution in [0.25, 0.3) is 0 Å². The molecule has 24 heavy (non-hydrogen) atoms. The Morgan fingerprint density at radius 1 is 1.42 bits per heavy atom. The molecule has 134 valence electrons. The van der Waals surface area contributed by atoms with E-state index < -0.39 is 0 Å². The molecule has 1 fully saturated rings. The number of amides is 2. The van der Waals surface area contributed by atoms with Crippen LogP contribution >= 0.6 is 11.3 Å². The molecule has 0 aromatic carbocycles. The Morgan fingerprint density at radius 2 is 2.17 bits per heavy atom. The van der Waals surface area contributed by atoms with Gasteiger partial charge >= 0.3 is 0 Å². The molecule has 0 spiro atoms. The number of hydrogen-bond donors (Lipinski definition) is 1. The summed E-state index contributed by atoms with van der Waals surface area (Å²) in [5.74, 6) is 0.0580. The van der Waals surface area contributed by atoms with Crippen molar-refractivity contribution in [3.63, 3.8) is 0 Å². The molecule has 1 aliphatic heterocycles. The first-order valence-electron chi connectivity index (χ1n) is 8.86. The van der Waals surface area contributed by atoms with E-state index in [-0.39, 0.29) is 23.8 Å². The maximum atomic E-state index is 12.6. The van der Waals surface area contributed by atoms with Crippen molar-refractivity contribution in [3.05, 3.63) is 22.4 Å². The average molecular weight is 352 g/mol. The monoisotopic (exact) mass is 351 g/mol. The van der Waals surface area contributed by atoms with Gasteiger partial charge in [0.15, 0.2) is 0 Å². The summed E-state index contributed by atoms with van der Waals surface area (Å²) < 4.78 is 0. The van der Waals surface area contributed by atoms with E-state index in [9.17, 15) is 9.59 Å². The predicted molar refractivity (Wildman–Crippen MR) is 98.0 cm³/mol.